The lowest BCUT2D eigenvalue weighted by Gasteiger charge is -2.05. The third-order valence-corrected chi connectivity index (χ3v) is 2.35. The Labute approximate surface area is 95.3 Å². The topological polar surface area (TPSA) is 42.7 Å². The van der Waals surface area contributed by atoms with Crippen LogP contribution in [0.2, 0.25) is 0 Å². The van der Waals surface area contributed by atoms with Crippen molar-refractivity contribution < 1.29 is 0 Å². The lowest BCUT2D eigenvalue weighted by molar-refractivity contribution is 0.675. The van der Waals surface area contributed by atoms with Crippen molar-refractivity contribution in [2.75, 3.05) is 6.54 Å². The Kier molecular flexibility index (Phi) is 3.66. The maximum absolute atomic E-state index is 4.11. The first-order valence-electron chi connectivity index (χ1n) is 5.55. The Bertz CT molecular complexity index is 422. The van der Waals surface area contributed by atoms with E-state index in [1.807, 2.05) is 12.1 Å². The smallest absolute Gasteiger partial charge is 0.138 e. The summed E-state index contributed by atoms with van der Waals surface area (Å²) in [6.07, 6.45) is 4.41. The monoisotopic (exact) mass is 216 g/mol. The Balaban J connectivity index is 2.08. The van der Waals surface area contributed by atoms with Crippen LogP contribution in [-0.4, -0.2) is 21.3 Å². The normalized spacial score (nSPS) is 10.6. The quantitative estimate of drug-likeness (QED) is 0.774. The van der Waals surface area contributed by atoms with Gasteiger partial charge in [-0.3, -0.25) is 0 Å². The van der Waals surface area contributed by atoms with Gasteiger partial charge in [-0.25, -0.2) is 9.67 Å². The van der Waals surface area contributed by atoms with Crippen LogP contribution in [0, 0.1) is 0 Å². The zero-order valence-electron chi connectivity index (χ0n) is 9.43. The Morgan fingerprint density at radius 2 is 2.31 bits per heavy atom. The average Bonchev–Trinajstić information content (AvgIpc) is 2.83. The summed E-state index contributed by atoms with van der Waals surface area (Å²) in [6.45, 7) is 4.11. The zero-order valence-corrected chi connectivity index (χ0v) is 9.43. The minimum Gasteiger partial charge on any atom is -0.313 e. The van der Waals surface area contributed by atoms with E-state index in [4.69, 9.17) is 0 Å². The lowest BCUT2D eigenvalue weighted by atomic mass is 10.2. The van der Waals surface area contributed by atoms with Gasteiger partial charge in [-0.1, -0.05) is 19.1 Å². The SMILES string of the molecule is CCCNCc1cccc(-n2cncn2)c1. The van der Waals surface area contributed by atoms with Gasteiger partial charge >= 0.3 is 0 Å². The molecule has 0 atom stereocenters. The number of benzene rings is 1. The van der Waals surface area contributed by atoms with E-state index in [2.05, 4.69) is 34.5 Å². The molecule has 0 aliphatic rings. The van der Waals surface area contributed by atoms with Crippen molar-refractivity contribution in [2.45, 2.75) is 19.9 Å². The molecule has 0 fully saturated rings. The van der Waals surface area contributed by atoms with Crippen LogP contribution in [0.3, 0.4) is 0 Å². The van der Waals surface area contributed by atoms with Gasteiger partial charge in [0.05, 0.1) is 5.69 Å². The van der Waals surface area contributed by atoms with Crippen LogP contribution < -0.4 is 5.32 Å². The third-order valence-electron chi connectivity index (χ3n) is 2.35. The molecule has 0 radical (unpaired) electrons. The van der Waals surface area contributed by atoms with E-state index >= 15 is 0 Å². The number of hydrogen-bond acceptors (Lipinski definition) is 3. The van der Waals surface area contributed by atoms with E-state index < -0.39 is 0 Å². The van der Waals surface area contributed by atoms with Crippen LogP contribution in [-0.2, 0) is 6.54 Å². The molecule has 4 heteroatoms. The summed E-state index contributed by atoms with van der Waals surface area (Å²) < 4.78 is 1.77. The number of nitrogens with one attached hydrogen (secondary N) is 1. The Morgan fingerprint density at radius 3 is 3.06 bits per heavy atom. The highest BCUT2D eigenvalue weighted by molar-refractivity contribution is 5.34. The van der Waals surface area contributed by atoms with Crippen molar-refractivity contribution >= 4 is 0 Å². The van der Waals surface area contributed by atoms with Crippen LogP contribution in [0.15, 0.2) is 36.9 Å². The van der Waals surface area contributed by atoms with Crippen LogP contribution in [0.25, 0.3) is 5.69 Å². The summed E-state index contributed by atoms with van der Waals surface area (Å²) in [5.41, 5.74) is 2.31. The van der Waals surface area contributed by atoms with Crippen molar-refractivity contribution in [3.05, 3.63) is 42.5 Å². The fourth-order valence-corrected chi connectivity index (χ4v) is 1.56. The predicted octanol–water partition coefficient (Wildman–Crippen LogP) is 1.77. The summed E-state index contributed by atoms with van der Waals surface area (Å²) in [7, 11) is 0. The summed E-state index contributed by atoms with van der Waals surface area (Å²) in [6, 6.07) is 8.30. The van der Waals surface area contributed by atoms with Gasteiger partial charge in [0.1, 0.15) is 12.7 Å². The molecule has 2 rings (SSSR count). The van der Waals surface area contributed by atoms with Crippen molar-refractivity contribution in [3.8, 4) is 5.69 Å². The molecule has 84 valence electrons. The summed E-state index contributed by atoms with van der Waals surface area (Å²) >= 11 is 0. The highest BCUT2D eigenvalue weighted by Gasteiger charge is 1.98. The second-order valence-electron chi connectivity index (χ2n) is 3.69. The molecule has 4 nitrogen and oxygen atoms in total. The van der Waals surface area contributed by atoms with Gasteiger partial charge in [0, 0.05) is 6.54 Å². The third kappa shape index (κ3) is 2.67. The summed E-state index contributed by atoms with van der Waals surface area (Å²) in [5.74, 6) is 0. The van der Waals surface area contributed by atoms with Gasteiger partial charge in [-0.15, -0.1) is 0 Å². The second kappa shape index (κ2) is 5.42. The van der Waals surface area contributed by atoms with E-state index in [0.717, 1.165) is 25.2 Å². The zero-order chi connectivity index (χ0) is 11.2. The molecule has 1 heterocycles. The van der Waals surface area contributed by atoms with Gasteiger partial charge in [0.15, 0.2) is 0 Å². The highest BCUT2D eigenvalue weighted by Crippen LogP contribution is 2.08. The molecule has 0 saturated carbocycles. The number of aromatic nitrogens is 3. The number of nitrogens with zero attached hydrogens (tertiary/aromatic N) is 3. The molecular formula is C12H16N4. The first-order chi connectivity index (χ1) is 7.90. The van der Waals surface area contributed by atoms with Crippen LogP contribution >= 0.6 is 0 Å². The van der Waals surface area contributed by atoms with Gasteiger partial charge in [0.2, 0.25) is 0 Å². The molecule has 2 aromatic rings. The van der Waals surface area contributed by atoms with Crippen LogP contribution in [0.4, 0.5) is 0 Å². The molecule has 16 heavy (non-hydrogen) atoms. The van der Waals surface area contributed by atoms with Crippen molar-refractivity contribution in [1.29, 1.82) is 0 Å². The molecule has 1 aromatic carbocycles. The van der Waals surface area contributed by atoms with E-state index in [1.54, 1.807) is 17.3 Å². The molecule has 0 spiro atoms. The first-order valence-corrected chi connectivity index (χ1v) is 5.55. The molecule has 0 unspecified atom stereocenters. The molecule has 0 saturated heterocycles. The van der Waals surface area contributed by atoms with E-state index in [1.165, 1.54) is 5.56 Å². The molecule has 0 amide bonds. The van der Waals surface area contributed by atoms with Crippen LogP contribution in [0.5, 0.6) is 0 Å². The number of rotatable bonds is 5. The van der Waals surface area contributed by atoms with Crippen molar-refractivity contribution in [2.24, 2.45) is 0 Å². The molecule has 0 aliphatic carbocycles. The Hall–Kier alpha value is -1.68. The Morgan fingerprint density at radius 1 is 1.38 bits per heavy atom. The largest absolute Gasteiger partial charge is 0.313 e. The summed E-state index contributed by atoms with van der Waals surface area (Å²) in [5, 5.41) is 7.49. The first kappa shape index (κ1) is 10.8. The fraction of sp³-hybridized carbons (Fsp3) is 0.333. The lowest BCUT2D eigenvalue weighted by Crippen LogP contribution is -2.13. The minimum absolute atomic E-state index is 0.899. The maximum Gasteiger partial charge on any atom is 0.138 e. The predicted molar refractivity (Wildman–Crippen MR) is 63.4 cm³/mol. The molecule has 1 aromatic heterocycles. The second-order valence-corrected chi connectivity index (χ2v) is 3.69. The van der Waals surface area contributed by atoms with E-state index in [9.17, 15) is 0 Å². The van der Waals surface area contributed by atoms with Gasteiger partial charge < -0.3 is 5.32 Å². The van der Waals surface area contributed by atoms with E-state index in [-0.39, 0.29) is 0 Å². The van der Waals surface area contributed by atoms with Crippen molar-refractivity contribution in [1.82, 2.24) is 20.1 Å². The van der Waals surface area contributed by atoms with E-state index in [0.29, 0.717) is 0 Å². The molecule has 0 aliphatic heterocycles. The molecule has 0 bridgehead atoms. The molecule has 1 N–H and O–H groups in total. The fourth-order valence-electron chi connectivity index (χ4n) is 1.56. The van der Waals surface area contributed by atoms with Crippen molar-refractivity contribution in [3.63, 3.8) is 0 Å². The van der Waals surface area contributed by atoms with Crippen LogP contribution in [0.1, 0.15) is 18.9 Å². The van der Waals surface area contributed by atoms with Gasteiger partial charge in [-0.05, 0) is 30.7 Å². The highest BCUT2D eigenvalue weighted by atomic mass is 15.3. The average molecular weight is 216 g/mol. The summed E-state index contributed by atoms with van der Waals surface area (Å²) in [4.78, 5) is 3.94. The number of hydrogen-bond donors (Lipinski definition) is 1. The minimum atomic E-state index is 0.899. The standard InChI is InChI=1S/C12H16N4/c1-2-6-13-8-11-4-3-5-12(7-11)16-10-14-9-15-16/h3-5,7,9-10,13H,2,6,8H2,1H3. The maximum atomic E-state index is 4.11. The van der Waals surface area contributed by atoms with Gasteiger partial charge in [-0.2, -0.15) is 5.10 Å². The van der Waals surface area contributed by atoms with Gasteiger partial charge in [0.25, 0.3) is 0 Å². The molecular weight excluding hydrogens is 200 g/mol.